The molecular formula is C19H23NO3. The minimum atomic E-state index is -0.602. The molecule has 2 heterocycles. The normalized spacial score (nSPS) is 27.6. The molecule has 4 heteroatoms. The van der Waals surface area contributed by atoms with Crippen LogP contribution in [0.3, 0.4) is 0 Å². The number of nitrogens with zero attached hydrogens (tertiary/aromatic N) is 1. The van der Waals surface area contributed by atoms with Crippen LogP contribution in [0.1, 0.15) is 37.5 Å². The van der Waals surface area contributed by atoms with Gasteiger partial charge >= 0.3 is 5.97 Å². The van der Waals surface area contributed by atoms with Gasteiger partial charge in [0.1, 0.15) is 11.3 Å². The molecule has 122 valence electrons. The topological polar surface area (TPSA) is 53.7 Å². The van der Waals surface area contributed by atoms with Crippen LogP contribution < -0.4 is 0 Å². The Bertz CT molecular complexity index is 750. The molecule has 1 aromatic carbocycles. The van der Waals surface area contributed by atoms with Crippen molar-refractivity contribution >= 4 is 16.9 Å². The summed E-state index contributed by atoms with van der Waals surface area (Å²) in [6, 6.07) is 8.15. The monoisotopic (exact) mass is 313 g/mol. The number of carbonyl (C=O) groups is 1. The molecule has 1 saturated heterocycles. The number of furan rings is 1. The molecule has 4 nitrogen and oxygen atoms in total. The SMILES string of the molecule is CCc1oc2ccccc2c1CN1C[C@@H]2CCC[C@@]2(C(=O)O)C1. The molecule has 0 radical (unpaired) electrons. The lowest BCUT2D eigenvalue weighted by atomic mass is 9.81. The number of carboxylic acids is 1. The van der Waals surface area contributed by atoms with Crippen molar-refractivity contribution in [3.63, 3.8) is 0 Å². The molecule has 4 rings (SSSR count). The highest BCUT2D eigenvalue weighted by Gasteiger charge is 2.54. The first-order valence-electron chi connectivity index (χ1n) is 8.59. The number of carboxylic acid groups (broad SMARTS) is 1. The second-order valence-electron chi connectivity index (χ2n) is 7.07. The van der Waals surface area contributed by atoms with E-state index in [0.717, 1.165) is 50.1 Å². The second-order valence-corrected chi connectivity index (χ2v) is 7.07. The third-order valence-corrected chi connectivity index (χ3v) is 5.85. The third-order valence-electron chi connectivity index (χ3n) is 5.85. The molecule has 2 fully saturated rings. The van der Waals surface area contributed by atoms with Gasteiger partial charge in [-0.1, -0.05) is 31.5 Å². The van der Waals surface area contributed by atoms with E-state index in [4.69, 9.17) is 4.42 Å². The number of rotatable bonds is 4. The summed E-state index contributed by atoms with van der Waals surface area (Å²) in [5.41, 5.74) is 1.67. The van der Waals surface area contributed by atoms with Crippen LogP contribution in [-0.4, -0.2) is 29.1 Å². The van der Waals surface area contributed by atoms with Crippen molar-refractivity contribution in [2.75, 3.05) is 13.1 Å². The van der Waals surface area contributed by atoms with Gasteiger partial charge in [0, 0.05) is 37.0 Å². The molecule has 1 saturated carbocycles. The average molecular weight is 313 g/mol. The van der Waals surface area contributed by atoms with E-state index in [0.29, 0.717) is 12.5 Å². The number of benzene rings is 1. The van der Waals surface area contributed by atoms with Crippen LogP contribution in [0.15, 0.2) is 28.7 Å². The highest BCUT2D eigenvalue weighted by molar-refractivity contribution is 5.82. The zero-order valence-corrected chi connectivity index (χ0v) is 13.5. The molecule has 1 aliphatic carbocycles. The summed E-state index contributed by atoms with van der Waals surface area (Å²) in [4.78, 5) is 14.2. The van der Waals surface area contributed by atoms with Gasteiger partial charge in [-0.25, -0.2) is 0 Å². The molecule has 2 aliphatic rings. The van der Waals surface area contributed by atoms with Crippen molar-refractivity contribution in [2.45, 2.75) is 39.2 Å². The predicted molar refractivity (Wildman–Crippen MR) is 88.3 cm³/mol. The zero-order chi connectivity index (χ0) is 16.0. The maximum absolute atomic E-state index is 11.8. The zero-order valence-electron chi connectivity index (χ0n) is 13.5. The van der Waals surface area contributed by atoms with Crippen LogP contribution in [0.4, 0.5) is 0 Å². The smallest absolute Gasteiger partial charge is 0.311 e. The van der Waals surface area contributed by atoms with Gasteiger partial charge in [0.05, 0.1) is 5.41 Å². The largest absolute Gasteiger partial charge is 0.481 e. The lowest BCUT2D eigenvalue weighted by Crippen LogP contribution is -2.35. The minimum absolute atomic E-state index is 0.309. The van der Waals surface area contributed by atoms with Gasteiger partial charge in [0.25, 0.3) is 0 Å². The van der Waals surface area contributed by atoms with Crippen LogP contribution in [0.25, 0.3) is 11.0 Å². The standard InChI is InChI=1S/C19H23NO3/c1-2-16-15(14-7-3-4-8-17(14)23-16)11-20-10-13-6-5-9-19(13,12-20)18(21)22/h3-4,7-8,13H,2,5-6,9-12H2,1H3,(H,21,22)/t13-,19+/m0/s1. The number of aryl methyl sites for hydroxylation is 1. The number of hydrogen-bond acceptors (Lipinski definition) is 3. The van der Waals surface area contributed by atoms with Gasteiger partial charge in [0.2, 0.25) is 0 Å². The average Bonchev–Trinajstić information content (AvgIpc) is 3.18. The van der Waals surface area contributed by atoms with Crippen molar-refractivity contribution in [1.82, 2.24) is 4.90 Å². The fourth-order valence-corrected chi connectivity index (χ4v) is 4.70. The van der Waals surface area contributed by atoms with Gasteiger partial charge in [0.15, 0.2) is 0 Å². The summed E-state index contributed by atoms with van der Waals surface area (Å²) in [6.07, 6.45) is 3.80. The number of fused-ring (bicyclic) bond motifs is 2. The van der Waals surface area contributed by atoms with E-state index in [-0.39, 0.29) is 0 Å². The predicted octanol–water partition coefficient (Wildman–Crippen LogP) is 3.68. The van der Waals surface area contributed by atoms with Crippen LogP contribution in [0.5, 0.6) is 0 Å². The van der Waals surface area contributed by atoms with E-state index >= 15 is 0 Å². The molecule has 23 heavy (non-hydrogen) atoms. The molecule has 1 N–H and O–H groups in total. The molecule has 2 atom stereocenters. The summed E-state index contributed by atoms with van der Waals surface area (Å²) in [5, 5.41) is 10.9. The van der Waals surface area contributed by atoms with Crippen molar-refractivity contribution < 1.29 is 14.3 Å². The van der Waals surface area contributed by atoms with Crippen LogP contribution in [-0.2, 0) is 17.8 Å². The second kappa shape index (κ2) is 5.38. The number of likely N-dealkylation sites (tertiary alicyclic amines) is 1. The van der Waals surface area contributed by atoms with Crippen molar-refractivity contribution in [2.24, 2.45) is 11.3 Å². The van der Waals surface area contributed by atoms with E-state index < -0.39 is 11.4 Å². The highest BCUT2D eigenvalue weighted by atomic mass is 16.4. The van der Waals surface area contributed by atoms with E-state index in [9.17, 15) is 9.90 Å². The van der Waals surface area contributed by atoms with Crippen molar-refractivity contribution in [3.8, 4) is 0 Å². The Morgan fingerprint density at radius 1 is 1.43 bits per heavy atom. The Kier molecular flexibility index (Phi) is 3.45. The fourth-order valence-electron chi connectivity index (χ4n) is 4.70. The molecule has 0 amide bonds. The number of para-hydroxylation sites is 1. The molecule has 2 aromatic rings. The van der Waals surface area contributed by atoms with Gasteiger partial charge in [-0.05, 0) is 24.8 Å². The van der Waals surface area contributed by atoms with Crippen LogP contribution >= 0.6 is 0 Å². The van der Waals surface area contributed by atoms with Gasteiger partial charge in [-0.3, -0.25) is 9.69 Å². The van der Waals surface area contributed by atoms with Gasteiger partial charge < -0.3 is 9.52 Å². The van der Waals surface area contributed by atoms with E-state index in [1.807, 2.05) is 18.2 Å². The summed E-state index contributed by atoms with van der Waals surface area (Å²) < 4.78 is 5.98. The van der Waals surface area contributed by atoms with E-state index in [1.54, 1.807) is 0 Å². The Morgan fingerprint density at radius 3 is 3.00 bits per heavy atom. The molecule has 1 aromatic heterocycles. The number of aliphatic carboxylic acids is 1. The van der Waals surface area contributed by atoms with Gasteiger partial charge in [-0.15, -0.1) is 0 Å². The Labute approximate surface area is 136 Å². The molecule has 0 bridgehead atoms. The summed E-state index contributed by atoms with van der Waals surface area (Å²) in [6.45, 7) is 4.48. The number of hydrogen-bond donors (Lipinski definition) is 1. The third kappa shape index (κ3) is 2.19. The quantitative estimate of drug-likeness (QED) is 0.935. The highest BCUT2D eigenvalue weighted by Crippen LogP contribution is 2.49. The maximum Gasteiger partial charge on any atom is 0.311 e. The van der Waals surface area contributed by atoms with E-state index in [1.165, 1.54) is 10.9 Å². The lowest BCUT2D eigenvalue weighted by molar-refractivity contribution is -0.149. The Hall–Kier alpha value is -1.81. The first-order chi connectivity index (χ1) is 11.1. The summed E-state index contributed by atoms with van der Waals surface area (Å²) in [5.74, 6) is 0.742. The summed E-state index contributed by atoms with van der Waals surface area (Å²) in [7, 11) is 0. The van der Waals surface area contributed by atoms with Gasteiger partial charge in [-0.2, -0.15) is 0 Å². The van der Waals surface area contributed by atoms with Crippen LogP contribution in [0.2, 0.25) is 0 Å². The molecule has 1 aliphatic heterocycles. The first-order valence-corrected chi connectivity index (χ1v) is 8.59. The van der Waals surface area contributed by atoms with Crippen molar-refractivity contribution in [3.05, 3.63) is 35.6 Å². The maximum atomic E-state index is 11.8. The molecular weight excluding hydrogens is 290 g/mol. The lowest BCUT2D eigenvalue weighted by Gasteiger charge is -2.23. The Morgan fingerprint density at radius 2 is 2.26 bits per heavy atom. The molecule has 0 spiro atoms. The Balaban J connectivity index is 1.64. The molecule has 0 unspecified atom stereocenters. The minimum Gasteiger partial charge on any atom is -0.481 e. The van der Waals surface area contributed by atoms with Crippen LogP contribution in [0, 0.1) is 11.3 Å². The van der Waals surface area contributed by atoms with Crippen molar-refractivity contribution in [1.29, 1.82) is 0 Å². The fraction of sp³-hybridized carbons (Fsp3) is 0.526. The first kappa shape index (κ1) is 14.8. The summed E-state index contributed by atoms with van der Waals surface area (Å²) >= 11 is 0. The van der Waals surface area contributed by atoms with E-state index in [2.05, 4.69) is 17.9 Å².